The summed E-state index contributed by atoms with van der Waals surface area (Å²) in [6.45, 7) is 3.96. The van der Waals surface area contributed by atoms with Crippen molar-refractivity contribution in [1.29, 1.82) is 0 Å². The minimum Gasteiger partial charge on any atom is -0.481 e. The average Bonchev–Trinajstić information content (AvgIpc) is 2.84. The van der Waals surface area contributed by atoms with Gasteiger partial charge < -0.3 is 14.3 Å². The van der Waals surface area contributed by atoms with Gasteiger partial charge >= 0.3 is 11.9 Å². The molecule has 1 heterocycles. The summed E-state index contributed by atoms with van der Waals surface area (Å²) in [5, 5.41) is 9.89. The largest absolute Gasteiger partial charge is 0.481 e. The number of carbonyl (C=O) groups is 1. The molecule has 1 aromatic heterocycles. The SMILES string of the molecule is CCOc1oc(-c2ccc(Cl)cc2)nc1C(CC)C(=O)O. The summed E-state index contributed by atoms with van der Waals surface area (Å²) in [4.78, 5) is 15.6. The van der Waals surface area contributed by atoms with Crippen LogP contribution in [0.25, 0.3) is 11.5 Å². The van der Waals surface area contributed by atoms with Crippen LogP contribution in [-0.2, 0) is 4.79 Å². The summed E-state index contributed by atoms with van der Waals surface area (Å²) < 4.78 is 11.0. The predicted octanol–water partition coefficient (Wildman–Crippen LogP) is 3.97. The summed E-state index contributed by atoms with van der Waals surface area (Å²) in [5.41, 5.74) is 1.03. The van der Waals surface area contributed by atoms with Gasteiger partial charge in [0.25, 0.3) is 0 Å². The van der Waals surface area contributed by atoms with Crippen LogP contribution in [0, 0.1) is 0 Å². The number of rotatable bonds is 6. The molecule has 1 atom stereocenters. The summed E-state index contributed by atoms with van der Waals surface area (Å²) in [6, 6.07) is 6.95. The highest BCUT2D eigenvalue weighted by molar-refractivity contribution is 6.30. The second-order valence-electron chi connectivity index (χ2n) is 4.43. The smallest absolute Gasteiger partial charge is 0.312 e. The number of ether oxygens (including phenoxy) is 1. The van der Waals surface area contributed by atoms with Crippen molar-refractivity contribution in [3.05, 3.63) is 35.0 Å². The third-order valence-electron chi connectivity index (χ3n) is 3.02. The summed E-state index contributed by atoms with van der Waals surface area (Å²) >= 11 is 5.85. The van der Waals surface area contributed by atoms with Crippen molar-refractivity contribution in [2.75, 3.05) is 6.61 Å². The molecule has 0 aliphatic heterocycles. The van der Waals surface area contributed by atoms with Crippen LogP contribution in [0.5, 0.6) is 5.95 Å². The third-order valence-corrected chi connectivity index (χ3v) is 3.28. The number of carboxylic acids is 1. The first-order valence-electron chi connectivity index (χ1n) is 6.69. The lowest BCUT2D eigenvalue weighted by Gasteiger charge is -2.07. The summed E-state index contributed by atoms with van der Waals surface area (Å²) in [5.74, 6) is -1.22. The minimum atomic E-state index is -0.950. The number of oxazole rings is 1. The van der Waals surface area contributed by atoms with E-state index in [1.165, 1.54) is 0 Å². The Balaban J connectivity index is 2.45. The Bertz CT molecular complexity index is 621. The van der Waals surface area contributed by atoms with E-state index >= 15 is 0 Å². The molecule has 1 aromatic carbocycles. The van der Waals surface area contributed by atoms with Gasteiger partial charge in [0, 0.05) is 10.6 Å². The molecule has 5 nitrogen and oxygen atoms in total. The molecule has 0 bridgehead atoms. The van der Waals surface area contributed by atoms with Gasteiger partial charge in [-0.25, -0.2) is 4.98 Å². The molecule has 2 aromatic rings. The lowest BCUT2D eigenvalue weighted by molar-refractivity contribution is -0.139. The molecule has 0 fully saturated rings. The number of nitrogens with zero attached hydrogens (tertiary/aromatic N) is 1. The van der Waals surface area contributed by atoms with E-state index in [9.17, 15) is 9.90 Å². The molecule has 112 valence electrons. The number of carboxylic acid groups (broad SMARTS) is 1. The number of aliphatic carboxylic acids is 1. The number of hydrogen-bond acceptors (Lipinski definition) is 4. The minimum absolute atomic E-state index is 0.164. The Kier molecular flexibility index (Phi) is 4.85. The molecule has 6 heteroatoms. The maximum absolute atomic E-state index is 11.3. The number of benzene rings is 1. The molecule has 2 rings (SSSR count). The Labute approximate surface area is 127 Å². The Morgan fingerprint density at radius 3 is 2.57 bits per heavy atom. The van der Waals surface area contributed by atoms with Gasteiger partial charge in [0.05, 0.1) is 6.61 Å². The number of halogens is 1. The molecular formula is C15H16ClNO4. The van der Waals surface area contributed by atoms with E-state index in [1.54, 1.807) is 38.1 Å². The molecule has 0 saturated carbocycles. The van der Waals surface area contributed by atoms with Crippen molar-refractivity contribution in [2.45, 2.75) is 26.2 Å². The topological polar surface area (TPSA) is 72.6 Å². The maximum Gasteiger partial charge on any atom is 0.312 e. The molecule has 0 aliphatic rings. The second-order valence-corrected chi connectivity index (χ2v) is 4.87. The lowest BCUT2D eigenvalue weighted by atomic mass is 10.0. The van der Waals surface area contributed by atoms with Gasteiger partial charge in [-0.05, 0) is 37.6 Å². The quantitative estimate of drug-likeness (QED) is 0.874. The van der Waals surface area contributed by atoms with Crippen LogP contribution in [0.2, 0.25) is 5.02 Å². The van der Waals surface area contributed by atoms with E-state index in [0.717, 1.165) is 0 Å². The fraction of sp³-hybridized carbons (Fsp3) is 0.333. The van der Waals surface area contributed by atoms with E-state index < -0.39 is 11.9 Å². The predicted molar refractivity (Wildman–Crippen MR) is 78.8 cm³/mol. The van der Waals surface area contributed by atoms with Crippen molar-refractivity contribution in [2.24, 2.45) is 0 Å². The summed E-state index contributed by atoms with van der Waals surface area (Å²) in [7, 11) is 0. The van der Waals surface area contributed by atoms with E-state index in [0.29, 0.717) is 35.2 Å². The van der Waals surface area contributed by atoms with Crippen LogP contribution in [0.15, 0.2) is 28.7 Å². The number of hydrogen-bond donors (Lipinski definition) is 1. The van der Waals surface area contributed by atoms with Gasteiger partial charge in [-0.15, -0.1) is 0 Å². The van der Waals surface area contributed by atoms with E-state index in [2.05, 4.69) is 4.98 Å². The molecular weight excluding hydrogens is 294 g/mol. The summed E-state index contributed by atoms with van der Waals surface area (Å²) in [6.07, 6.45) is 0.405. The molecule has 0 radical (unpaired) electrons. The van der Waals surface area contributed by atoms with Crippen molar-refractivity contribution < 1.29 is 19.1 Å². The Morgan fingerprint density at radius 2 is 2.05 bits per heavy atom. The molecule has 0 aliphatic carbocycles. The lowest BCUT2D eigenvalue weighted by Crippen LogP contribution is -2.12. The van der Waals surface area contributed by atoms with Gasteiger partial charge in [0.1, 0.15) is 11.6 Å². The van der Waals surface area contributed by atoms with Crippen molar-refractivity contribution in [1.82, 2.24) is 4.98 Å². The first-order valence-corrected chi connectivity index (χ1v) is 7.06. The zero-order chi connectivity index (χ0) is 15.4. The molecule has 0 spiro atoms. The standard InChI is InChI=1S/C15H16ClNO4/c1-3-11(14(18)19)12-15(20-4-2)21-13(17-12)9-5-7-10(16)8-6-9/h5-8,11H,3-4H2,1-2H3,(H,18,19). The van der Waals surface area contributed by atoms with Gasteiger partial charge in [0.15, 0.2) is 0 Å². The average molecular weight is 310 g/mol. The monoisotopic (exact) mass is 309 g/mol. The Morgan fingerprint density at radius 1 is 1.38 bits per heavy atom. The molecule has 1 unspecified atom stereocenters. The zero-order valence-corrected chi connectivity index (χ0v) is 12.6. The Hall–Kier alpha value is -2.01. The van der Waals surface area contributed by atoms with Crippen LogP contribution in [0.3, 0.4) is 0 Å². The highest BCUT2D eigenvalue weighted by atomic mass is 35.5. The fourth-order valence-electron chi connectivity index (χ4n) is 1.97. The highest BCUT2D eigenvalue weighted by Crippen LogP contribution is 2.34. The second kappa shape index (κ2) is 6.63. The van der Waals surface area contributed by atoms with Crippen molar-refractivity contribution >= 4 is 17.6 Å². The molecule has 0 amide bonds. The van der Waals surface area contributed by atoms with Crippen LogP contribution in [-0.4, -0.2) is 22.7 Å². The number of aromatic nitrogens is 1. The van der Waals surface area contributed by atoms with Crippen LogP contribution < -0.4 is 4.74 Å². The normalized spacial score (nSPS) is 12.1. The van der Waals surface area contributed by atoms with Gasteiger partial charge in [-0.3, -0.25) is 4.79 Å². The van der Waals surface area contributed by atoms with Crippen molar-refractivity contribution in [3.63, 3.8) is 0 Å². The van der Waals surface area contributed by atoms with Crippen LogP contribution in [0.4, 0.5) is 0 Å². The third kappa shape index (κ3) is 3.36. The van der Waals surface area contributed by atoms with E-state index in [4.69, 9.17) is 20.8 Å². The fourth-order valence-corrected chi connectivity index (χ4v) is 2.10. The zero-order valence-electron chi connectivity index (χ0n) is 11.8. The highest BCUT2D eigenvalue weighted by Gasteiger charge is 2.28. The molecule has 21 heavy (non-hydrogen) atoms. The van der Waals surface area contributed by atoms with Gasteiger partial charge in [0.2, 0.25) is 5.89 Å². The first kappa shape index (κ1) is 15.4. The van der Waals surface area contributed by atoms with E-state index in [-0.39, 0.29) is 5.95 Å². The molecule has 0 saturated heterocycles. The molecule has 1 N–H and O–H groups in total. The van der Waals surface area contributed by atoms with Crippen LogP contribution >= 0.6 is 11.6 Å². The van der Waals surface area contributed by atoms with Gasteiger partial charge in [-0.2, -0.15) is 0 Å². The van der Waals surface area contributed by atoms with E-state index in [1.807, 2.05) is 0 Å². The maximum atomic E-state index is 11.3. The van der Waals surface area contributed by atoms with Crippen LogP contribution in [0.1, 0.15) is 31.9 Å². The van der Waals surface area contributed by atoms with Crippen molar-refractivity contribution in [3.8, 4) is 17.4 Å². The van der Waals surface area contributed by atoms with Gasteiger partial charge in [-0.1, -0.05) is 18.5 Å². The first-order chi connectivity index (χ1) is 10.1.